The van der Waals surface area contributed by atoms with Gasteiger partial charge in [-0.15, -0.1) is 11.8 Å². The van der Waals surface area contributed by atoms with Crippen molar-refractivity contribution in [1.29, 1.82) is 0 Å². The minimum atomic E-state index is 0.209. The quantitative estimate of drug-likeness (QED) is 0.831. The number of benzene rings is 1. The molecule has 1 aliphatic heterocycles. The minimum absolute atomic E-state index is 0.209. The maximum Gasteiger partial charge on any atom is 0.119 e. The van der Waals surface area contributed by atoms with Crippen molar-refractivity contribution >= 4 is 11.8 Å². The van der Waals surface area contributed by atoms with E-state index in [-0.39, 0.29) is 4.75 Å². The molecule has 0 aromatic heterocycles. The number of methoxy groups -OCH3 is 1. The fourth-order valence-corrected chi connectivity index (χ4v) is 4.69. The third kappa shape index (κ3) is 2.67. The van der Waals surface area contributed by atoms with Crippen molar-refractivity contribution < 1.29 is 4.74 Å². The van der Waals surface area contributed by atoms with Crippen LogP contribution in [0.2, 0.25) is 0 Å². The van der Waals surface area contributed by atoms with Crippen molar-refractivity contribution in [2.24, 2.45) is 0 Å². The number of ether oxygens (including phenoxy) is 1. The number of nitrogens with zero attached hydrogens (tertiary/aromatic N) is 1. The molecule has 2 rings (SSSR count). The van der Waals surface area contributed by atoms with E-state index >= 15 is 0 Å². The highest BCUT2D eigenvalue weighted by molar-refractivity contribution is 8.00. The highest BCUT2D eigenvalue weighted by Gasteiger charge is 2.38. The van der Waals surface area contributed by atoms with E-state index in [4.69, 9.17) is 4.74 Å². The standard InChI is InChI=1S/C15H23NOS/c1-5-15(11-16(3)10-12(2)18-15)13-7-6-8-14(9-13)17-4/h6-9,12H,5,10-11H2,1-4H3. The zero-order valence-corrected chi connectivity index (χ0v) is 12.6. The molecule has 2 atom stereocenters. The SMILES string of the molecule is CCC1(c2cccc(OC)c2)CN(C)CC(C)S1. The molecule has 2 nitrogen and oxygen atoms in total. The first-order chi connectivity index (χ1) is 8.59. The van der Waals surface area contributed by atoms with Gasteiger partial charge in [-0.1, -0.05) is 26.0 Å². The first-order valence-electron chi connectivity index (χ1n) is 6.60. The van der Waals surface area contributed by atoms with E-state index in [1.54, 1.807) is 7.11 Å². The summed E-state index contributed by atoms with van der Waals surface area (Å²) in [5, 5.41) is 0.676. The Morgan fingerprint density at radius 1 is 1.50 bits per heavy atom. The summed E-state index contributed by atoms with van der Waals surface area (Å²) in [5.41, 5.74) is 1.40. The van der Waals surface area contributed by atoms with Gasteiger partial charge in [-0.25, -0.2) is 0 Å². The molecule has 0 amide bonds. The monoisotopic (exact) mass is 265 g/mol. The molecule has 0 N–H and O–H groups in total. The number of likely N-dealkylation sites (N-methyl/N-ethyl adjacent to an activating group) is 1. The maximum atomic E-state index is 5.37. The molecule has 1 saturated heterocycles. The Morgan fingerprint density at radius 3 is 2.89 bits per heavy atom. The molecule has 0 spiro atoms. The molecule has 0 bridgehead atoms. The molecule has 18 heavy (non-hydrogen) atoms. The third-order valence-electron chi connectivity index (χ3n) is 3.69. The molecular formula is C15H23NOS. The Morgan fingerprint density at radius 2 is 2.28 bits per heavy atom. The van der Waals surface area contributed by atoms with Gasteiger partial charge in [0, 0.05) is 18.3 Å². The lowest BCUT2D eigenvalue weighted by Gasteiger charge is -2.44. The summed E-state index contributed by atoms with van der Waals surface area (Å²) >= 11 is 2.11. The minimum Gasteiger partial charge on any atom is -0.497 e. The van der Waals surface area contributed by atoms with Gasteiger partial charge >= 0.3 is 0 Å². The number of thioether (sulfide) groups is 1. The van der Waals surface area contributed by atoms with Gasteiger partial charge in [-0.05, 0) is 31.2 Å². The highest BCUT2D eigenvalue weighted by Crippen LogP contribution is 2.46. The van der Waals surface area contributed by atoms with Crippen LogP contribution in [0, 0.1) is 0 Å². The van der Waals surface area contributed by atoms with Gasteiger partial charge in [0.15, 0.2) is 0 Å². The van der Waals surface area contributed by atoms with Crippen molar-refractivity contribution in [3.8, 4) is 5.75 Å². The first-order valence-corrected chi connectivity index (χ1v) is 7.48. The van der Waals surface area contributed by atoms with Crippen LogP contribution < -0.4 is 4.74 Å². The molecule has 100 valence electrons. The highest BCUT2D eigenvalue weighted by atomic mass is 32.2. The number of hydrogen-bond donors (Lipinski definition) is 0. The van der Waals surface area contributed by atoms with Crippen LogP contribution in [0.4, 0.5) is 0 Å². The summed E-state index contributed by atoms with van der Waals surface area (Å²) < 4.78 is 5.58. The molecule has 1 aliphatic rings. The molecule has 1 fully saturated rings. The van der Waals surface area contributed by atoms with Crippen molar-refractivity contribution in [3.05, 3.63) is 29.8 Å². The Balaban J connectivity index is 2.35. The normalized spacial score (nSPS) is 29.2. The molecule has 3 heteroatoms. The Bertz CT molecular complexity index is 397. The van der Waals surface area contributed by atoms with E-state index in [9.17, 15) is 0 Å². The summed E-state index contributed by atoms with van der Waals surface area (Å²) in [4.78, 5) is 2.45. The molecule has 1 heterocycles. The van der Waals surface area contributed by atoms with Gasteiger partial charge in [0.1, 0.15) is 5.75 Å². The van der Waals surface area contributed by atoms with Crippen LogP contribution in [-0.4, -0.2) is 37.4 Å². The van der Waals surface area contributed by atoms with Crippen LogP contribution >= 0.6 is 11.8 Å². The van der Waals surface area contributed by atoms with Gasteiger partial charge in [-0.2, -0.15) is 0 Å². The van der Waals surface area contributed by atoms with E-state index in [1.165, 1.54) is 12.1 Å². The number of hydrogen-bond acceptors (Lipinski definition) is 3. The smallest absolute Gasteiger partial charge is 0.119 e. The predicted octanol–water partition coefficient (Wildman–Crippen LogP) is 3.37. The van der Waals surface area contributed by atoms with E-state index in [0.29, 0.717) is 5.25 Å². The summed E-state index contributed by atoms with van der Waals surface area (Å²) in [6.07, 6.45) is 1.15. The van der Waals surface area contributed by atoms with E-state index in [2.05, 4.69) is 55.8 Å². The van der Waals surface area contributed by atoms with Crippen LogP contribution in [0.3, 0.4) is 0 Å². The Labute approximate surface area is 115 Å². The molecule has 0 saturated carbocycles. The molecular weight excluding hydrogens is 242 g/mol. The van der Waals surface area contributed by atoms with Crippen LogP contribution in [0.25, 0.3) is 0 Å². The van der Waals surface area contributed by atoms with Crippen LogP contribution in [-0.2, 0) is 4.75 Å². The summed E-state index contributed by atoms with van der Waals surface area (Å²) in [6.45, 7) is 6.91. The van der Waals surface area contributed by atoms with Gasteiger partial charge < -0.3 is 9.64 Å². The molecule has 0 radical (unpaired) electrons. The number of rotatable bonds is 3. The van der Waals surface area contributed by atoms with Gasteiger partial charge in [0.05, 0.1) is 11.9 Å². The van der Waals surface area contributed by atoms with Gasteiger partial charge in [-0.3, -0.25) is 0 Å². The summed E-state index contributed by atoms with van der Waals surface area (Å²) in [5.74, 6) is 0.960. The lowest BCUT2D eigenvalue weighted by molar-refractivity contribution is 0.278. The molecule has 1 aromatic carbocycles. The maximum absolute atomic E-state index is 5.37. The van der Waals surface area contributed by atoms with E-state index < -0.39 is 0 Å². The van der Waals surface area contributed by atoms with Crippen LogP contribution in [0.15, 0.2) is 24.3 Å². The second-order valence-corrected chi connectivity index (χ2v) is 7.03. The topological polar surface area (TPSA) is 12.5 Å². The lowest BCUT2D eigenvalue weighted by atomic mass is 9.94. The van der Waals surface area contributed by atoms with E-state index in [0.717, 1.165) is 18.7 Å². The third-order valence-corrected chi connectivity index (χ3v) is 5.34. The summed E-state index contributed by atoms with van der Waals surface area (Å²) in [6, 6.07) is 8.56. The van der Waals surface area contributed by atoms with Crippen molar-refractivity contribution in [1.82, 2.24) is 4.90 Å². The zero-order valence-electron chi connectivity index (χ0n) is 11.8. The summed E-state index contributed by atoms with van der Waals surface area (Å²) in [7, 11) is 3.96. The van der Waals surface area contributed by atoms with Gasteiger partial charge in [0.25, 0.3) is 0 Å². The van der Waals surface area contributed by atoms with Crippen LogP contribution in [0.5, 0.6) is 5.75 Å². The van der Waals surface area contributed by atoms with Crippen molar-refractivity contribution in [2.45, 2.75) is 30.3 Å². The Kier molecular flexibility index (Phi) is 4.23. The lowest BCUT2D eigenvalue weighted by Crippen LogP contribution is -2.45. The average molecular weight is 265 g/mol. The molecule has 0 aliphatic carbocycles. The average Bonchev–Trinajstić information content (AvgIpc) is 2.37. The second kappa shape index (κ2) is 5.54. The fourth-order valence-electron chi connectivity index (χ4n) is 2.86. The zero-order chi connectivity index (χ0) is 13.2. The van der Waals surface area contributed by atoms with E-state index in [1.807, 2.05) is 6.07 Å². The molecule has 1 aromatic rings. The Hall–Kier alpha value is -0.670. The van der Waals surface area contributed by atoms with Gasteiger partial charge in [0.2, 0.25) is 0 Å². The van der Waals surface area contributed by atoms with Crippen LogP contribution in [0.1, 0.15) is 25.8 Å². The molecule has 2 unspecified atom stereocenters. The van der Waals surface area contributed by atoms with Crippen molar-refractivity contribution in [2.75, 3.05) is 27.2 Å². The van der Waals surface area contributed by atoms with Crippen molar-refractivity contribution in [3.63, 3.8) is 0 Å². The predicted molar refractivity (Wildman–Crippen MR) is 79.5 cm³/mol. The largest absolute Gasteiger partial charge is 0.497 e. The second-order valence-electron chi connectivity index (χ2n) is 5.21. The fraction of sp³-hybridized carbons (Fsp3) is 0.600. The first kappa shape index (κ1) is 13.8.